The Hall–Kier alpha value is -2.73. The minimum Gasteiger partial charge on any atom is -0.327 e. The largest absolute Gasteiger partial charge is 0.327 e. The lowest BCUT2D eigenvalue weighted by Gasteiger charge is -2.21. The van der Waals surface area contributed by atoms with Gasteiger partial charge in [0.25, 0.3) is 5.91 Å². The summed E-state index contributed by atoms with van der Waals surface area (Å²) < 4.78 is 28.7. The maximum atomic E-state index is 13.5. The first kappa shape index (κ1) is 19.0. The normalized spacial score (nSPS) is 11.0. The Morgan fingerprint density at radius 3 is 2.70 bits per heavy atom. The maximum absolute atomic E-state index is 13.5. The van der Waals surface area contributed by atoms with Gasteiger partial charge >= 0.3 is 0 Å². The minimum absolute atomic E-state index is 0.0676. The van der Waals surface area contributed by atoms with Crippen LogP contribution in [0.1, 0.15) is 23.1 Å². The van der Waals surface area contributed by atoms with Crippen molar-refractivity contribution in [1.29, 1.82) is 0 Å². The number of carbonyl (C=O) groups is 1. The molecule has 4 nitrogen and oxygen atoms in total. The van der Waals surface area contributed by atoms with Gasteiger partial charge in [0.1, 0.15) is 5.82 Å². The van der Waals surface area contributed by atoms with Crippen LogP contribution < -0.4 is 0 Å². The summed E-state index contributed by atoms with van der Waals surface area (Å²) in [6, 6.07) is 8.51. The Kier molecular flexibility index (Phi) is 5.56. The maximum Gasteiger partial charge on any atom is 0.254 e. The van der Waals surface area contributed by atoms with Crippen LogP contribution in [-0.2, 0) is 13.1 Å². The van der Waals surface area contributed by atoms with Gasteiger partial charge in [-0.1, -0.05) is 17.7 Å². The lowest BCUT2D eigenvalue weighted by atomic mass is 10.2. The van der Waals surface area contributed by atoms with Crippen molar-refractivity contribution in [2.75, 3.05) is 6.54 Å². The lowest BCUT2D eigenvalue weighted by Crippen LogP contribution is -2.32. The molecule has 0 aliphatic rings. The molecule has 3 rings (SSSR count). The Morgan fingerprint density at radius 2 is 2.04 bits per heavy atom. The van der Waals surface area contributed by atoms with Crippen molar-refractivity contribution >= 4 is 28.5 Å². The van der Waals surface area contributed by atoms with Gasteiger partial charge in [-0.2, -0.15) is 0 Å². The molecule has 27 heavy (non-hydrogen) atoms. The average molecular weight is 390 g/mol. The molecule has 0 N–H and O–H groups in total. The van der Waals surface area contributed by atoms with Crippen molar-refractivity contribution in [3.05, 3.63) is 77.1 Å². The van der Waals surface area contributed by atoms with Gasteiger partial charge in [0.05, 0.1) is 17.6 Å². The van der Waals surface area contributed by atoms with Crippen LogP contribution in [0.25, 0.3) is 11.0 Å². The second-order valence-electron chi connectivity index (χ2n) is 6.01. The Bertz CT molecular complexity index is 1020. The third-order valence-electron chi connectivity index (χ3n) is 4.24. The van der Waals surface area contributed by atoms with Gasteiger partial charge in [-0.25, -0.2) is 13.8 Å². The van der Waals surface area contributed by atoms with Crippen molar-refractivity contribution < 1.29 is 13.6 Å². The molecule has 0 spiro atoms. The predicted octanol–water partition coefficient (Wildman–Crippen LogP) is 4.82. The van der Waals surface area contributed by atoms with Crippen LogP contribution >= 0.6 is 11.6 Å². The molecule has 0 fully saturated rings. The van der Waals surface area contributed by atoms with Crippen LogP contribution in [0.15, 0.2) is 49.1 Å². The molecule has 0 saturated carbocycles. The number of aryl methyl sites for hydroxylation is 1. The summed E-state index contributed by atoms with van der Waals surface area (Å²) in [5, 5.41) is 0.601. The molecular weight excluding hydrogens is 372 g/mol. The number of benzene rings is 2. The van der Waals surface area contributed by atoms with Crippen LogP contribution in [-0.4, -0.2) is 26.9 Å². The average Bonchev–Trinajstić information content (AvgIpc) is 2.99. The van der Waals surface area contributed by atoms with Gasteiger partial charge in [-0.05, 0) is 43.3 Å². The van der Waals surface area contributed by atoms with Crippen molar-refractivity contribution in [3.8, 4) is 0 Å². The van der Waals surface area contributed by atoms with Gasteiger partial charge in [0.2, 0.25) is 0 Å². The van der Waals surface area contributed by atoms with Gasteiger partial charge in [0, 0.05) is 23.7 Å². The fourth-order valence-corrected chi connectivity index (χ4v) is 3.14. The van der Waals surface area contributed by atoms with Gasteiger partial charge in [-0.15, -0.1) is 6.58 Å². The highest BCUT2D eigenvalue weighted by Gasteiger charge is 2.20. The number of nitrogens with zero attached hydrogens (tertiary/aromatic N) is 3. The molecule has 0 bridgehead atoms. The molecule has 0 saturated heterocycles. The summed E-state index contributed by atoms with van der Waals surface area (Å²) in [5.41, 5.74) is 1.71. The molecule has 0 aliphatic carbocycles. The third kappa shape index (κ3) is 3.85. The monoisotopic (exact) mass is 389 g/mol. The van der Waals surface area contributed by atoms with E-state index in [1.807, 2.05) is 23.6 Å². The molecule has 3 aromatic rings. The third-order valence-corrected chi connectivity index (χ3v) is 4.48. The number of carbonyl (C=O) groups excluding carboxylic acids is 1. The molecule has 1 amide bonds. The highest BCUT2D eigenvalue weighted by atomic mass is 35.5. The van der Waals surface area contributed by atoms with Crippen molar-refractivity contribution in [2.24, 2.45) is 0 Å². The molecule has 7 heteroatoms. The zero-order valence-corrected chi connectivity index (χ0v) is 15.5. The smallest absolute Gasteiger partial charge is 0.254 e. The summed E-state index contributed by atoms with van der Waals surface area (Å²) in [4.78, 5) is 18.9. The first-order valence-corrected chi connectivity index (χ1v) is 8.82. The van der Waals surface area contributed by atoms with E-state index in [2.05, 4.69) is 11.6 Å². The van der Waals surface area contributed by atoms with E-state index in [1.165, 1.54) is 11.0 Å². The Labute approximate surface area is 160 Å². The molecule has 0 atom stereocenters. The van der Waals surface area contributed by atoms with E-state index in [-0.39, 0.29) is 18.7 Å². The van der Waals surface area contributed by atoms with E-state index < -0.39 is 17.5 Å². The first-order valence-electron chi connectivity index (χ1n) is 8.44. The Morgan fingerprint density at radius 1 is 1.26 bits per heavy atom. The zero-order chi connectivity index (χ0) is 19.6. The molecule has 2 aromatic carbocycles. The summed E-state index contributed by atoms with van der Waals surface area (Å²) in [7, 11) is 0. The van der Waals surface area contributed by atoms with E-state index in [9.17, 15) is 13.6 Å². The fraction of sp³-hybridized carbons (Fsp3) is 0.200. The molecule has 0 radical (unpaired) electrons. The highest BCUT2D eigenvalue weighted by molar-refractivity contribution is 6.31. The van der Waals surface area contributed by atoms with Crippen LogP contribution in [0.3, 0.4) is 0 Å². The quantitative estimate of drug-likeness (QED) is 0.567. The Balaban J connectivity index is 1.96. The van der Waals surface area contributed by atoms with Crippen molar-refractivity contribution in [2.45, 2.75) is 20.0 Å². The van der Waals surface area contributed by atoms with E-state index in [0.29, 0.717) is 17.4 Å². The molecule has 0 aliphatic heterocycles. The number of imidazole rings is 1. The number of hydrogen-bond donors (Lipinski definition) is 0. The van der Waals surface area contributed by atoms with Crippen molar-refractivity contribution in [1.82, 2.24) is 14.5 Å². The van der Waals surface area contributed by atoms with E-state index in [1.54, 1.807) is 12.1 Å². The first-order chi connectivity index (χ1) is 12.9. The van der Waals surface area contributed by atoms with Gasteiger partial charge in [0.15, 0.2) is 11.6 Å². The highest BCUT2D eigenvalue weighted by Crippen LogP contribution is 2.22. The number of hydrogen-bond acceptors (Lipinski definition) is 2. The SMILES string of the molecule is C=CCN(Cc1nc2ccc(Cl)cc2n1CC)C(=O)c1ccc(F)c(F)c1. The summed E-state index contributed by atoms with van der Waals surface area (Å²) in [6.45, 7) is 6.73. The lowest BCUT2D eigenvalue weighted by molar-refractivity contribution is 0.0756. The van der Waals surface area contributed by atoms with Crippen LogP contribution in [0.5, 0.6) is 0 Å². The topological polar surface area (TPSA) is 38.1 Å². The number of amides is 1. The summed E-state index contributed by atoms with van der Waals surface area (Å²) in [5.74, 6) is -1.81. The summed E-state index contributed by atoms with van der Waals surface area (Å²) in [6.07, 6.45) is 1.58. The van der Waals surface area contributed by atoms with E-state index in [0.717, 1.165) is 23.2 Å². The second kappa shape index (κ2) is 7.88. The summed E-state index contributed by atoms with van der Waals surface area (Å²) >= 11 is 6.09. The van der Waals surface area contributed by atoms with E-state index >= 15 is 0 Å². The van der Waals surface area contributed by atoms with Crippen LogP contribution in [0.4, 0.5) is 8.78 Å². The van der Waals surface area contributed by atoms with Gasteiger partial charge < -0.3 is 9.47 Å². The fourth-order valence-electron chi connectivity index (χ4n) is 2.98. The van der Waals surface area contributed by atoms with E-state index in [4.69, 9.17) is 11.6 Å². The van der Waals surface area contributed by atoms with Gasteiger partial charge in [-0.3, -0.25) is 4.79 Å². The number of fused-ring (bicyclic) bond motifs is 1. The number of rotatable bonds is 6. The van der Waals surface area contributed by atoms with Crippen LogP contribution in [0, 0.1) is 11.6 Å². The molecule has 1 heterocycles. The molecule has 140 valence electrons. The zero-order valence-electron chi connectivity index (χ0n) is 14.8. The number of halogens is 3. The standard InChI is InChI=1S/C20H18ClF2N3O/c1-3-9-25(20(27)13-5-7-15(22)16(23)10-13)12-19-24-17-8-6-14(21)11-18(17)26(19)4-2/h3,5-8,10-11H,1,4,9,12H2,2H3. The second-order valence-corrected chi connectivity index (χ2v) is 6.45. The molecular formula is C20H18ClF2N3O. The molecule has 0 unspecified atom stereocenters. The number of aromatic nitrogens is 2. The molecule has 1 aromatic heterocycles. The predicted molar refractivity (Wildman–Crippen MR) is 102 cm³/mol. The van der Waals surface area contributed by atoms with Crippen LogP contribution in [0.2, 0.25) is 5.02 Å². The van der Waals surface area contributed by atoms with Crippen molar-refractivity contribution in [3.63, 3.8) is 0 Å². The minimum atomic E-state index is -1.06.